The molecular formula is C11H16O. The molecule has 1 nitrogen and oxygen atoms in total. The molecule has 0 aromatic rings. The molecule has 2 saturated carbocycles. The Morgan fingerprint density at radius 1 is 1.67 bits per heavy atom. The Bertz CT molecular complexity index is 254. The van der Waals surface area contributed by atoms with Crippen molar-refractivity contribution < 1.29 is 4.79 Å². The zero-order valence-corrected chi connectivity index (χ0v) is 7.89. The summed E-state index contributed by atoms with van der Waals surface area (Å²) in [6.45, 7) is 8.10. The first kappa shape index (κ1) is 8.03. The summed E-state index contributed by atoms with van der Waals surface area (Å²) in [5.41, 5.74) is 1.28. The van der Waals surface area contributed by atoms with Crippen molar-refractivity contribution in [1.82, 2.24) is 0 Å². The average Bonchev–Trinajstić information content (AvgIpc) is 2.62. The van der Waals surface area contributed by atoms with Gasteiger partial charge in [-0.05, 0) is 31.6 Å². The van der Waals surface area contributed by atoms with Gasteiger partial charge in [0.15, 0.2) is 0 Å². The van der Waals surface area contributed by atoms with Crippen LogP contribution < -0.4 is 0 Å². The van der Waals surface area contributed by atoms with Gasteiger partial charge in [-0.3, -0.25) is 4.79 Å². The second kappa shape index (κ2) is 2.21. The van der Waals surface area contributed by atoms with Crippen LogP contribution in [0.5, 0.6) is 0 Å². The van der Waals surface area contributed by atoms with E-state index in [0.29, 0.717) is 17.6 Å². The minimum absolute atomic E-state index is 0.0892. The topological polar surface area (TPSA) is 17.1 Å². The molecular weight excluding hydrogens is 148 g/mol. The summed E-state index contributed by atoms with van der Waals surface area (Å²) < 4.78 is 0. The normalized spacial score (nSPS) is 45.3. The second-order valence-corrected chi connectivity index (χ2v) is 4.72. The number of ketones is 1. The summed E-state index contributed by atoms with van der Waals surface area (Å²) in [7, 11) is 0. The molecule has 0 spiro atoms. The number of Topliss-reactive ketones (excluding diaryl/α,β-unsaturated/α-hetero) is 1. The van der Waals surface area contributed by atoms with E-state index >= 15 is 0 Å². The van der Waals surface area contributed by atoms with Gasteiger partial charge in [-0.15, -0.1) is 0 Å². The number of carbonyl (C=O) groups excluding carboxylic acids is 1. The largest absolute Gasteiger partial charge is 0.299 e. The van der Waals surface area contributed by atoms with E-state index in [0.717, 1.165) is 12.8 Å². The van der Waals surface area contributed by atoms with Crippen LogP contribution in [0.25, 0.3) is 0 Å². The Labute approximate surface area is 73.8 Å². The predicted octanol–water partition coefficient (Wildman–Crippen LogP) is 2.57. The van der Waals surface area contributed by atoms with Crippen molar-refractivity contribution in [2.75, 3.05) is 0 Å². The lowest BCUT2D eigenvalue weighted by Crippen LogP contribution is -2.25. The Hall–Kier alpha value is -0.590. The molecule has 0 radical (unpaired) electrons. The van der Waals surface area contributed by atoms with E-state index in [1.54, 1.807) is 0 Å². The Morgan fingerprint density at radius 3 is 2.83 bits per heavy atom. The first-order valence-electron chi connectivity index (χ1n) is 4.73. The molecule has 2 unspecified atom stereocenters. The molecule has 0 amide bonds. The maximum atomic E-state index is 11.6. The summed E-state index contributed by atoms with van der Waals surface area (Å²) in [6, 6.07) is 0. The molecule has 0 aliphatic heterocycles. The predicted molar refractivity (Wildman–Crippen MR) is 48.8 cm³/mol. The van der Waals surface area contributed by atoms with E-state index in [2.05, 4.69) is 13.5 Å². The molecule has 0 saturated heterocycles. The molecule has 1 heteroatoms. The smallest absolute Gasteiger partial charge is 0.139 e. The molecule has 2 fully saturated rings. The lowest BCUT2D eigenvalue weighted by molar-refractivity contribution is -0.126. The van der Waals surface area contributed by atoms with E-state index < -0.39 is 0 Å². The maximum absolute atomic E-state index is 11.6. The lowest BCUT2D eigenvalue weighted by Gasteiger charge is -2.24. The third kappa shape index (κ3) is 0.954. The highest BCUT2D eigenvalue weighted by Gasteiger charge is 2.58. The Balaban J connectivity index is 2.12. The molecule has 0 aromatic heterocycles. The highest BCUT2D eigenvalue weighted by Crippen LogP contribution is 2.60. The van der Waals surface area contributed by atoms with Crippen molar-refractivity contribution in [3.63, 3.8) is 0 Å². The van der Waals surface area contributed by atoms with Crippen LogP contribution in [0.4, 0.5) is 0 Å². The van der Waals surface area contributed by atoms with E-state index in [1.807, 2.05) is 6.92 Å². The van der Waals surface area contributed by atoms with Crippen molar-refractivity contribution in [3.05, 3.63) is 12.2 Å². The molecule has 66 valence electrons. The van der Waals surface area contributed by atoms with E-state index in [-0.39, 0.29) is 5.41 Å². The zero-order chi connectivity index (χ0) is 8.93. The van der Waals surface area contributed by atoms with Crippen LogP contribution in [0.3, 0.4) is 0 Å². The number of fused-ring (bicyclic) bond motifs is 1. The van der Waals surface area contributed by atoms with Crippen molar-refractivity contribution in [2.24, 2.45) is 17.3 Å². The van der Waals surface area contributed by atoms with Crippen molar-refractivity contribution in [3.8, 4) is 0 Å². The maximum Gasteiger partial charge on any atom is 0.139 e. The molecule has 12 heavy (non-hydrogen) atoms. The van der Waals surface area contributed by atoms with Crippen molar-refractivity contribution in [2.45, 2.75) is 33.1 Å². The summed E-state index contributed by atoms with van der Waals surface area (Å²) in [5, 5.41) is 0. The van der Waals surface area contributed by atoms with Gasteiger partial charge in [0.05, 0.1) is 0 Å². The number of carbonyl (C=O) groups is 1. The van der Waals surface area contributed by atoms with Crippen LogP contribution >= 0.6 is 0 Å². The average molecular weight is 164 g/mol. The van der Waals surface area contributed by atoms with Gasteiger partial charge in [0.2, 0.25) is 0 Å². The molecule has 3 atom stereocenters. The molecule has 2 rings (SSSR count). The molecule has 0 heterocycles. The SMILES string of the molecule is C=C(C)C1CC(=O)[C@]2(C)CC2C1. The minimum atomic E-state index is 0.0892. The van der Waals surface area contributed by atoms with Crippen molar-refractivity contribution in [1.29, 1.82) is 0 Å². The van der Waals surface area contributed by atoms with Crippen LogP contribution in [-0.2, 0) is 4.79 Å². The van der Waals surface area contributed by atoms with Crippen LogP contribution in [0.1, 0.15) is 33.1 Å². The molecule has 0 aromatic carbocycles. The summed E-state index contributed by atoms with van der Waals surface area (Å²) in [6.07, 6.45) is 3.09. The first-order valence-corrected chi connectivity index (χ1v) is 4.73. The Morgan fingerprint density at radius 2 is 2.33 bits per heavy atom. The highest BCUT2D eigenvalue weighted by molar-refractivity contribution is 5.89. The molecule has 0 bridgehead atoms. The van der Waals surface area contributed by atoms with Gasteiger partial charge in [0.1, 0.15) is 5.78 Å². The van der Waals surface area contributed by atoms with Crippen LogP contribution in [0.15, 0.2) is 12.2 Å². The number of hydrogen-bond acceptors (Lipinski definition) is 1. The minimum Gasteiger partial charge on any atom is -0.299 e. The molecule has 2 aliphatic carbocycles. The molecule has 2 aliphatic rings. The Kier molecular flexibility index (Phi) is 1.48. The third-order valence-corrected chi connectivity index (χ3v) is 3.75. The van der Waals surface area contributed by atoms with Gasteiger partial charge in [-0.2, -0.15) is 0 Å². The number of rotatable bonds is 1. The van der Waals surface area contributed by atoms with Crippen LogP contribution in [0, 0.1) is 17.3 Å². The van der Waals surface area contributed by atoms with Gasteiger partial charge in [-0.25, -0.2) is 0 Å². The van der Waals surface area contributed by atoms with Gasteiger partial charge < -0.3 is 0 Å². The first-order chi connectivity index (χ1) is 5.54. The van der Waals surface area contributed by atoms with Crippen LogP contribution in [-0.4, -0.2) is 5.78 Å². The fourth-order valence-electron chi connectivity index (χ4n) is 2.40. The van der Waals surface area contributed by atoms with Gasteiger partial charge in [0.25, 0.3) is 0 Å². The monoisotopic (exact) mass is 164 g/mol. The fourth-order valence-corrected chi connectivity index (χ4v) is 2.40. The number of hydrogen-bond donors (Lipinski definition) is 0. The zero-order valence-electron chi connectivity index (χ0n) is 7.89. The van der Waals surface area contributed by atoms with Gasteiger partial charge in [0, 0.05) is 11.8 Å². The second-order valence-electron chi connectivity index (χ2n) is 4.72. The number of allylic oxidation sites excluding steroid dienone is 1. The van der Waals surface area contributed by atoms with E-state index in [9.17, 15) is 4.79 Å². The lowest BCUT2D eigenvalue weighted by atomic mass is 9.79. The van der Waals surface area contributed by atoms with Gasteiger partial charge in [-0.1, -0.05) is 19.1 Å². The third-order valence-electron chi connectivity index (χ3n) is 3.75. The van der Waals surface area contributed by atoms with Gasteiger partial charge >= 0.3 is 0 Å². The van der Waals surface area contributed by atoms with E-state index in [1.165, 1.54) is 12.0 Å². The quantitative estimate of drug-likeness (QED) is 0.544. The van der Waals surface area contributed by atoms with Crippen LogP contribution in [0.2, 0.25) is 0 Å². The standard InChI is InChI=1S/C11H16O/c1-7(2)8-4-9-6-11(9,3)10(12)5-8/h8-9H,1,4-6H2,2-3H3/t8?,9?,11-/m1/s1. The molecule has 0 N–H and O–H groups in total. The fraction of sp³-hybridized carbons (Fsp3) is 0.727. The highest BCUT2D eigenvalue weighted by atomic mass is 16.1. The van der Waals surface area contributed by atoms with E-state index in [4.69, 9.17) is 0 Å². The summed E-state index contributed by atoms with van der Waals surface area (Å²) in [4.78, 5) is 11.6. The summed E-state index contributed by atoms with van der Waals surface area (Å²) >= 11 is 0. The van der Waals surface area contributed by atoms with Crippen molar-refractivity contribution >= 4 is 5.78 Å². The summed E-state index contributed by atoms with van der Waals surface area (Å²) in [5.74, 6) is 1.64.